The number of nitrogens with two attached hydrogens (primary N) is 1. The zero-order valence-corrected chi connectivity index (χ0v) is 7.28. The van der Waals surface area contributed by atoms with Crippen LogP contribution in [0.2, 0.25) is 0 Å². The fourth-order valence-corrected chi connectivity index (χ4v) is 0.795. The van der Waals surface area contributed by atoms with Crippen molar-refractivity contribution < 1.29 is 30.0 Å². The lowest BCUT2D eigenvalue weighted by molar-refractivity contribution is -0.136. The Morgan fingerprint density at radius 3 is 2.14 bits per heavy atom. The minimum absolute atomic E-state index is 0.0913. The molecule has 0 saturated carbocycles. The molecule has 82 valence electrons. The number of rotatable bonds is 6. The summed E-state index contributed by atoms with van der Waals surface area (Å²) in [6.45, 7) is -0.791. The van der Waals surface area contributed by atoms with Crippen molar-refractivity contribution in [2.75, 3.05) is 6.61 Å². The summed E-state index contributed by atoms with van der Waals surface area (Å²) in [5, 5.41) is 35.6. The Bertz CT molecular complexity index is 208. The van der Waals surface area contributed by atoms with E-state index in [0.717, 1.165) is 0 Å². The van der Waals surface area contributed by atoms with E-state index in [0.29, 0.717) is 0 Å². The van der Waals surface area contributed by atoms with Crippen LogP contribution in [0.4, 0.5) is 0 Å². The van der Waals surface area contributed by atoms with Crippen molar-refractivity contribution in [2.45, 2.75) is 24.4 Å². The van der Waals surface area contributed by atoms with Crippen LogP contribution in [-0.2, 0) is 9.59 Å². The van der Waals surface area contributed by atoms with Crippen molar-refractivity contribution in [3.8, 4) is 0 Å². The summed E-state index contributed by atoms with van der Waals surface area (Å²) in [5.41, 5.74) is 5.08. The predicted molar refractivity (Wildman–Crippen MR) is 44.2 cm³/mol. The second-order valence-corrected chi connectivity index (χ2v) is 2.78. The lowest BCUT2D eigenvalue weighted by atomic mass is 9.99. The zero-order valence-electron chi connectivity index (χ0n) is 7.28. The Balaban J connectivity index is 4.37. The molecule has 0 aromatic carbocycles. The summed E-state index contributed by atoms with van der Waals surface area (Å²) in [5.74, 6) is -1.10. The molecular formula is C7H13NO6. The van der Waals surface area contributed by atoms with Crippen molar-refractivity contribution in [2.24, 2.45) is 5.73 Å². The third-order valence-corrected chi connectivity index (χ3v) is 1.74. The Kier molecular flexibility index (Phi) is 5.43. The van der Waals surface area contributed by atoms with Crippen LogP contribution in [0.5, 0.6) is 0 Å². The Morgan fingerprint density at radius 2 is 1.79 bits per heavy atom. The van der Waals surface area contributed by atoms with Gasteiger partial charge in [0.25, 0.3) is 0 Å². The van der Waals surface area contributed by atoms with Crippen LogP contribution in [-0.4, -0.2) is 63.5 Å². The number of carbonyl (C=O) groups is 2. The van der Waals surface area contributed by atoms with E-state index < -0.39 is 36.7 Å². The SMILES string of the molecule is N[C@H](C(=O)C=O)[C@@H](O)[C@H](O)[C@H](O)CO. The molecule has 0 bridgehead atoms. The maximum atomic E-state index is 10.7. The molecule has 0 spiro atoms. The minimum Gasteiger partial charge on any atom is -0.394 e. The predicted octanol–water partition coefficient (Wildman–Crippen LogP) is -3.84. The van der Waals surface area contributed by atoms with Gasteiger partial charge in [0, 0.05) is 0 Å². The van der Waals surface area contributed by atoms with Crippen molar-refractivity contribution in [1.29, 1.82) is 0 Å². The molecule has 0 amide bonds. The van der Waals surface area contributed by atoms with E-state index in [1.54, 1.807) is 0 Å². The minimum atomic E-state index is -1.80. The first-order valence-electron chi connectivity index (χ1n) is 3.85. The highest BCUT2D eigenvalue weighted by Crippen LogP contribution is 2.03. The Labute approximate surface area is 79.8 Å². The van der Waals surface area contributed by atoms with E-state index in [1.807, 2.05) is 0 Å². The maximum Gasteiger partial charge on any atom is 0.214 e. The molecule has 6 N–H and O–H groups in total. The van der Waals surface area contributed by atoms with Crippen LogP contribution < -0.4 is 5.73 Å². The molecule has 0 aliphatic heterocycles. The number of Topliss-reactive ketones (excluding diaryl/α,β-unsaturated/α-hetero) is 1. The number of hydrogen-bond donors (Lipinski definition) is 5. The lowest BCUT2D eigenvalue weighted by Gasteiger charge is -2.24. The first-order valence-corrected chi connectivity index (χ1v) is 3.85. The van der Waals surface area contributed by atoms with E-state index in [2.05, 4.69) is 0 Å². The molecule has 0 aliphatic carbocycles. The van der Waals surface area contributed by atoms with Gasteiger partial charge in [0.05, 0.1) is 6.61 Å². The quantitative estimate of drug-likeness (QED) is 0.222. The molecule has 0 aliphatic rings. The third-order valence-electron chi connectivity index (χ3n) is 1.74. The van der Waals surface area contributed by atoms with Crippen LogP contribution in [0.25, 0.3) is 0 Å². The van der Waals surface area contributed by atoms with E-state index in [-0.39, 0.29) is 6.29 Å². The van der Waals surface area contributed by atoms with Crippen molar-refractivity contribution in [3.05, 3.63) is 0 Å². The average molecular weight is 207 g/mol. The highest BCUT2D eigenvalue weighted by molar-refractivity contribution is 6.27. The summed E-state index contributed by atoms with van der Waals surface area (Å²) < 4.78 is 0. The van der Waals surface area contributed by atoms with Gasteiger partial charge in [-0.15, -0.1) is 0 Å². The monoisotopic (exact) mass is 207 g/mol. The number of ketones is 1. The molecule has 0 aromatic heterocycles. The largest absolute Gasteiger partial charge is 0.394 e. The van der Waals surface area contributed by atoms with Gasteiger partial charge in [0.2, 0.25) is 5.78 Å². The maximum absolute atomic E-state index is 10.7. The molecule has 0 radical (unpaired) electrons. The van der Waals surface area contributed by atoms with Gasteiger partial charge in [0.1, 0.15) is 24.4 Å². The molecule has 0 saturated heterocycles. The molecule has 14 heavy (non-hydrogen) atoms. The zero-order chi connectivity index (χ0) is 11.3. The third kappa shape index (κ3) is 3.13. The molecule has 0 unspecified atom stereocenters. The van der Waals surface area contributed by atoms with Gasteiger partial charge < -0.3 is 26.2 Å². The van der Waals surface area contributed by atoms with Crippen LogP contribution in [0.1, 0.15) is 0 Å². The van der Waals surface area contributed by atoms with Gasteiger partial charge in [-0.25, -0.2) is 0 Å². The average Bonchev–Trinajstić information content (AvgIpc) is 2.23. The van der Waals surface area contributed by atoms with E-state index in [4.69, 9.17) is 26.2 Å². The number of aldehydes is 1. The lowest BCUT2D eigenvalue weighted by Crippen LogP contribution is -2.53. The van der Waals surface area contributed by atoms with Crippen LogP contribution in [0, 0.1) is 0 Å². The summed E-state index contributed by atoms with van der Waals surface area (Å²) in [6, 6.07) is -1.61. The molecule has 0 heterocycles. The Hall–Kier alpha value is -0.860. The topological polar surface area (TPSA) is 141 Å². The van der Waals surface area contributed by atoms with Gasteiger partial charge in [-0.3, -0.25) is 9.59 Å². The van der Waals surface area contributed by atoms with Crippen LogP contribution in [0.3, 0.4) is 0 Å². The molecule has 0 fully saturated rings. The molecular weight excluding hydrogens is 194 g/mol. The van der Waals surface area contributed by atoms with E-state index in [1.165, 1.54) is 0 Å². The summed E-state index contributed by atoms with van der Waals surface area (Å²) in [4.78, 5) is 20.6. The summed E-state index contributed by atoms with van der Waals surface area (Å²) in [6.07, 6.45) is -5.28. The smallest absolute Gasteiger partial charge is 0.214 e. The summed E-state index contributed by atoms with van der Waals surface area (Å²) >= 11 is 0. The normalized spacial score (nSPS) is 19.5. The molecule has 0 rings (SSSR count). The van der Waals surface area contributed by atoms with E-state index in [9.17, 15) is 9.59 Å². The first kappa shape index (κ1) is 13.1. The van der Waals surface area contributed by atoms with Gasteiger partial charge in [-0.1, -0.05) is 0 Å². The van der Waals surface area contributed by atoms with E-state index >= 15 is 0 Å². The molecule has 0 aromatic rings. The highest BCUT2D eigenvalue weighted by atomic mass is 16.4. The molecule has 7 heteroatoms. The van der Waals surface area contributed by atoms with Gasteiger partial charge in [-0.2, -0.15) is 0 Å². The highest BCUT2D eigenvalue weighted by Gasteiger charge is 2.32. The first-order chi connectivity index (χ1) is 6.45. The van der Waals surface area contributed by atoms with Gasteiger partial charge in [-0.05, 0) is 0 Å². The summed E-state index contributed by atoms with van der Waals surface area (Å²) in [7, 11) is 0. The van der Waals surface area contributed by atoms with Gasteiger partial charge in [0.15, 0.2) is 6.29 Å². The fraction of sp³-hybridized carbons (Fsp3) is 0.714. The number of hydrogen-bond acceptors (Lipinski definition) is 7. The fourth-order valence-electron chi connectivity index (χ4n) is 0.795. The molecule has 7 nitrogen and oxygen atoms in total. The van der Waals surface area contributed by atoms with Crippen LogP contribution >= 0.6 is 0 Å². The Morgan fingerprint density at radius 1 is 1.29 bits per heavy atom. The second kappa shape index (κ2) is 5.78. The number of aliphatic hydroxyl groups excluding tert-OH is 4. The van der Waals surface area contributed by atoms with Crippen LogP contribution in [0.15, 0.2) is 0 Å². The van der Waals surface area contributed by atoms with Crippen molar-refractivity contribution in [3.63, 3.8) is 0 Å². The second-order valence-electron chi connectivity index (χ2n) is 2.78. The van der Waals surface area contributed by atoms with Crippen molar-refractivity contribution in [1.82, 2.24) is 0 Å². The number of carbonyl (C=O) groups excluding carboxylic acids is 2. The van der Waals surface area contributed by atoms with Gasteiger partial charge >= 0.3 is 0 Å². The van der Waals surface area contributed by atoms with Crippen molar-refractivity contribution >= 4 is 12.1 Å². The number of aliphatic hydroxyl groups is 4. The standard InChI is InChI=1S/C7H13NO6/c8-5(3(11)1-9)7(14)6(13)4(12)2-10/h1,4-7,10,12-14H,2,8H2/t4-,5-,6-,7-/m1/s1. The molecule has 4 atom stereocenters.